The summed E-state index contributed by atoms with van der Waals surface area (Å²) in [5.74, 6) is 1.38. The van der Waals surface area contributed by atoms with Crippen LogP contribution in [0.3, 0.4) is 0 Å². The van der Waals surface area contributed by atoms with Crippen LogP contribution in [0, 0.1) is 0 Å². The Bertz CT molecular complexity index is 839. The van der Waals surface area contributed by atoms with E-state index in [1.54, 1.807) is 25.3 Å². The van der Waals surface area contributed by atoms with Crippen LogP contribution in [0.2, 0.25) is 0 Å². The molecule has 0 atom stereocenters. The Kier molecular flexibility index (Phi) is 4.28. The molecule has 2 aromatic carbocycles. The lowest BCUT2D eigenvalue weighted by Crippen LogP contribution is -2.24. The zero-order chi connectivity index (χ0) is 16.2. The Hall–Kier alpha value is -2.82. The minimum absolute atomic E-state index is 0.140. The topological polar surface area (TPSA) is 56.2 Å². The molecular formula is C18H19N3O2. The van der Waals surface area contributed by atoms with Gasteiger partial charge in [-0.3, -0.25) is 4.79 Å². The summed E-state index contributed by atoms with van der Waals surface area (Å²) in [7, 11) is 1.58. The molecule has 0 aliphatic rings. The number of para-hydroxylation sites is 2. The first-order chi connectivity index (χ1) is 11.2. The van der Waals surface area contributed by atoms with Crippen molar-refractivity contribution >= 4 is 16.9 Å². The molecule has 118 valence electrons. The summed E-state index contributed by atoms with van der Waals surface area (Å²) in [4.78, 5) is 16.9. The maximum Gasteiger partial charge on any atom is 0.251 e. The van der Waals surface area contributed by atoms with Crippen LogP contribution in [-0.4, -0.2) is 22.6 Å². The Morgan fingerprint density at radius 3 is 2.83 bits per heavy atom. The van der Waals surface area contributed by atoms with Crippen molar-refractivity contribution < 1.29 is 9.53 Å². The molecule has 23 heavy (non-hydrogen) atoms. The number of hydrogen-bond donors (Lipinski definition) is 1. The van der Waals surface area contributed by atoms with Gasteiger partial charge in [0.25, 0.3) is 5.91 Å². The largest absolute Gasteiger partial charge is 0.497 e. The van der Waals surface area contributed by atoms with E-state index in [1.807, 2.05) is 30.3 Å². The van der Waals surface area contributed by atoms with Gasteiger partial charge in [0, 0.05) is 12.1 Å². The lowest BCUT2D eigenvalue weighted by atomic mass is 10.2. The average Bonchev–Trinajstić information content (AvgIpc) is 2.97. The molecule has 5 heteroatoms. The van der Waals surface area contributed by atoms with Crippen molar-refractivity contribution in [2.45, 2.75) is 20.0 Å². The molecule has 0 spiro atoms. The molecule has 1 amide bonds. The summed E-state index contributed by atoms with van der Waals surface area (Å²) in [5, 5.41) is 2.92. The van der Waals surface area contributed by atoms with Gasteiger partial charge in [-0.2, -0.15) is 0 Å². The molecule has 0 unspecified atom stereocenters. The third kappa shape index (κ3) is 3.04. The second-order valence-electron chi connectivity index (χ2n) is 5.18. The number of rotatable bonds is 5. The number of ether oxygens (including phenoxy) is 1. The highest BCUT2D eigenvalue weighted by Crippen LogP contribution is 2.16. The number of amides is 1. The standard InChI is InChI=1S/C18H19N3O2/c1-3-21-16-10-5-4-9-15(16)20-17(21)12-19-18(22)13-7-6-8-14(11-13)23-2/h4-11H,3,12H2,1-2H3,(H,19,22). The monoisotopic (exact) mass is 309 g/mol. The quantitative estimate of drug-likeness (QED) is 0.788. The van der Waals surface area contributed by atoms with Gasteiger partial charge in [-0.1, -0.05) is 18.2 Å². The van der Waals surface area contributed by atoms with Gasteiger partial charge in [0.2, 0.25) is 0 Å². The highest BCUT2D eigenvalue weighted by Gasteiger charge is 2.11. The first kappa shape index (κ1) is 15.1. The number of nitrogens with one attached hydrogen (secondary N) is 1. The Labute approximate surface area is 134 Å². The molecule has 3 aromatic rings. The molecule has 0 aliphatic carbocycles. The van der Waals surface area contributed by atoms with Crippen molar-refractivity contribution in [3.8, 4) is 5.75 Å². The highest BCUT2D eigenvalue weighted by atomic mass is 16.5. The van der Waals surface area contributed by atoms with E-state index in [4.69, 9.17) is 4.74 Å². The molecule has 0 fully saturated rings. The van der Waals surface area contributed by atoms with Crippen LogP contribution in [0.5, 0.6) is 5.75 Å². The van der Waals surface area contributed by atoms with Crippen LogP contribution in [0.1, 0.15) is 23.1 Å². The number of hydrogen-bond acceptors (Lipinski definition) is 3. The second kappa shape index (κ2) is 6.52. The van der Waals surface area contributed by atoms with Gasteiger partial charge < -0.3 is 14.6 Å². The second-order valence-corrected chi connectivity index (χ2v) is 5.18. The number of aryl methyl sites for hydroxylation is 1. The Morgan fingerprint density at radius 1 is 1.22 bits per heavy atom. The number of methoxy groups -OCH3 is 1. The fraction of sp³-hybridized carbons (Fsp3) is 0.222. The average molecular weight is 309 g/mol. The number of nitrogens with zero attached hydrogens (tertiary/aromatic N) is 2. The van der Waals surface area contributed by atoms with Crippen molar-refractivity contribution in [2.24, 2.45) is 0 Å². The molecule has 0 saturated carbocycles. The van der Waals surface area contributed by atoms with E-state index in [-0.39, 0.29) is 5.91 Å². The van der Waals surface area contributed by atoms with Gasteiger partial charge in [0.1, 0.15) is 11.6 Å². The smallest absolute Gasteiger partial charge is 0.251 e. The molecule has 1 N–H and O–H groups in total. The van der Waals surface area contributed by atoms with Gasteiger partial charge in [0.05, 0.1) is 24.7 Å². The Morgan fingerprint density at radius 2 is 2.04 bits per heavy atom. The third-order valence-corrected chi connectivity index (χ3v) is 3.79. The summed E-state index contributed by atoms with van der Waals surface area (Å²) >= 11 is 0. The maximum absolute atomic E-state index is 12.3. The minimum Gasteiger partial charge on any atom is -0.497 e. The first-order valence-electron chi connectivity index (χ1n) is 7.59. The fourth-order valence-corrected chi connectivity index (χ4v) is 2.64. The van der Waals surface area contributed by atoms with Crippen LogP contribution in [0.15, 0.2) is 48.5 Å². The van der Waals surface area contributed by atoms with Crippen molar-refractivity contribution in [2.75, 3.05) is 7.11 Å². The summed E-state index contributed by atoms with van der Waals surface area (Å²) in [6, 6.07) is 15.1. The molecule has 1 heterocycles. The van der Waals surface area contributed by atoms with Crippen LogP contribution >= 0.6 is 0 Å². The van der Waals surface area contributed by atoms with E-state index in [9.17, 15) is 4.79 Å². The van der Waals surface area contributed by atoms with Gasteiger partial charge >= 0.3 is 0 Å². The van der Waals surface area contributed by atoms with Crippen molar-refractivity contribution in [3.05, 3.63) is 59.9 Å². The summed E-state index contributed by atoms with van der Waals surface area (Å²) in [5.41, 5.74) is 2.60. The van der Waals surface area contributed by atoms with Crippen LogP contribution in [0.25, 0.3) is 11.0 Å². The zero-order valence-corrected chi connectivity index (χ0v) is 13.2. The molecular weight excluding hydrogens is 290 g/mol. The van der Waals surface area contributed by atoms with E-state index < -0.39 is 0 Å². The Balaban J connectivity index is 1.78. The SMILES string of the molecule is CCn1c(CNC(=O)c2cccc(OC)c2)nc2ccccc21. The molecule has 0 aliphatic heterocycles. The van der Waals surface area contributed by atoms with E-state index in [0.29, 0.717) is 17.9 Å². The summed E-state index contributed by atoms with van der Waals surface area (Å²) < 4.78 is 7.26. The number of carbonyl (C=O) groups is 1. The number of benzene rings is 2. The zero-order valence-electron chi connectivity index (χ0n) is 13.2. The predicted molar refractivity (Wildman–Crippen MR) is 89.6 cm³/mol. The minimum atomic E-state index is -0.140. The van der Waals surface area contributed by atoms with E-state index in [2.05, 4.69) is 21.8 Å². The summed E-state index contributed by atoms with van der Waals surface area (Å²) in [6.45, 7) is 3.27. The van der Waals surface area contributed by atoms with E-state index >= 15 is 0 Å². The third-order valence-electron chi connectivity index (χ3n) is 3.79. The predicted octanol–water partition coefficient (Wildman–Crippen LogP) is 2.99. The first-order valence-corrected chi connectivity index (χ1v) is 7.59. The maximum atomic E-state index is 12.3. The van der Waals surface area contributed by atoms with E-state index in [1.165, 1.54) is 0 Å². The van der Waals surface area contributed by atoms with Gasteiger partial charge in [0.15, 0.2) is 0 Å². The number of carbonyl (C=O) groups excluding carboxylic acids is 1. The number of aromatic nitrogens is 2. The molecule has 3 rings (SSSR count). The van der Waals surface area contributed by atoms with E-state index in [0.717, 1.165) is 23.4 Å². The van der Waals surface area contributed by atoms with Crippen LogP contribution in [0.4, 0.5) is 0 Å². The highest BCUT2D eigenvalue weighted by molar-refractivity contribution is 5.94. The van der Waals surface area contributed by atoms with Gasteiger partial charge in [-0.05, 0) is 37.3 Å². The van der Waals surface area contributed by atoms with Crippen molar-refractivity contribution in [3.63, 3.8) is 0 Å². The van der Waals surface area contributed by atoms with Crippen molar-refractivity contribution in [1.29, 1.82) is 0 Å². The van der Waals surface area contributed by atoms with Gasteiger partial charge in [-0.15, -0.1) is 0 Å². The lowest BCUT2D eigenvalue weighted by molar-refractivity contribution is 0.0949. The normalized spacial score (nSPS) is 10.7. The molecule has 0 saturated heterocycles. The van der Waals surface area contributed by atoms with Gasteiger partial charge in [-0.25, -0.2) is 4.98 Å². The number of fused-ring (bicyclic) bond motifs is 1. The fourth-order valence-electron chi connectivity index (χ4n) is 2.64. The van der Waals surface area contributed by atoms with Crippen LogP contribution < -0.4 is 10.1 Å². The molecule has 1 aromatic heterocycles. The van der Waals surface area contributed by atoms with Crippen molar-refractivity contribution in [1.82, 2.24) is 14.9 Å². The molecule has 5 nitrogen and oxygen atoms in total. The molecule has 0 bridgehead atoms. The number of imidazole rings is 1. The summed E-state index contributed by atoms with van der Waals surface area (Å²) in [6.07, 6.45) is 0. The van der Waals surface area contributed by atoms with Crippen LogP contribution in [-0.2, 0) is 13.1 Å². The molecule has 0 radical (unpaired) electrons. The lowest BCUT2D eigenvalue weighted by Gasteiger charge is -2.08.